The maximum Gasteiger partial charge on any atom is 0.212 e. The molecule has 4 nitrogen and oxygen atoms in total. The maximum atomic E-state index is 11.7. The predicted octanol–water partition coefficient (Wildman–Crippen LogP) is 0.702. The number of hydrogen-bond donors (Lipinski definition) is 2. The fourth-order valence-corrected chi connectivity index (χ4v) is 3.68. The van der Waals surface area contributed by atoms with Crippen molar-refractivity contribution in [3.8, 4) is 0 Å². The quantitative estimate of drug-likeness (QED) is 0.753. The molecule has 1 fully saturated rings. The largest absolute Gasteiger partial charge is 0.313 e. The molecule has 90 valence electrons. The van der Waals surface area contributed by atoms with Gasteiger partial charge in [0.25, 0.3) is 0 Å². The third kappa shape index (κ3) is 4.49. The molecule has 1 aliphatic rings. The summed E-state index contributed by atoms with van der Waals surface area (Å²) in [6, 6.07) is 0.295. The minimum absolute atomic E-state index is 0.0579. The minimum atomic E-state index is -3.10. The van der Waals surface area contributed by atoms with Crippen molar-refractivity contribution in [2.45, 2.75) is 45.7 Å². The summed E-state index contributed by atoms with van der Waals surface area (Å²) in [4.78, 5) is 0. The zero-order chi connectivity index (χ0) is 11.5. The Morgan fingerprint density at radius 1 is 1.47 bits per heavy atom. The van der Waals surface area contributed by atoms with E-state index < -0.39 is 10.0 Å². The van der Waals surface area contributed by atoms with Gasteiger partial charge in [0.2, 0.25) is 10.0 Å². The molecule has 0 aromatic rings. The van der Waals surface area contributed by atoms with Crippen LogP contribution in [0.15, 0.2) is 0 Å². The number of piperidine rings is 1. The first kappa shape index (κ1) is 12.9. The first-order valence-corrected chi connectivity index (χ1v) is 7.29. The average molecular weight is 234 g/mol. The van der Waals surface area contributed by atoms with Crippen LogP contribution in [0.25, 0.3) is 0 Å². The Morgan fingerprint density at radius 3 is 2.67 bits per heavy atom. The van der Waals surface area contributed by atoms with Gasteiger partial charge in [0.15, 0.2) is 0 Å². The molecule has 1 rings (SSSR count). The highest BCUT2D eigenvalue weighted by Gasteiger charge is 2.25. The van der Waals surface area contributed by atoms with Crippen LogP contribution in [0.5, 0.6) is 0 Å². The molecular weight excluding hydrogens is 212 g/mol. The van der Waals surface area contributed by atoms with Crippen LogP contribution in [0.1, 0.15) is 33.6 Å². The van der Waals surface area contributed by atoms with Gasteiger partial charge < -0.3 is 5.32 Å². The summed E-state index contributed by atoms with van der Waals surface area (Å²) in [5.41, 5.74) is 0. The summed E-state index contributed by atoms with van der Waals surface area (Å²) in [6.45, 7) is 6.86. The Labute approximate surface area is 92.9 Å². The highest BCUT2D eigenvalue weighted by Crippen LogP contribution is 2.10. The second kappa shape index (κ2) is 5.27. The van der Waals surface area contributed by atoms with E-state index in [2.05, 4.69) is 10.0 Å². The van der Waals surface area contributed by atoms with E-state index in [1.54, 1.807) is 0 Å². The number of rotatable bonds is 4. The molecule has 0 aromatic carbocycles. The van der Waals surface area contributed by atoms with E-state index in [-0.39, 0.29) is 23.8 Å². The SMILES string of the molecule is CC(C)CS(=O)(=O)NC1CCCNC1C. The van der Waals surface area contributed by atoms with Gasteiger partial charge in [-0.15, -0.1) is 0 Å². The van der Waals surface area contributed by atoms with Crippen LogP contribution >= 0.6 is 0 Å². The van der Waals surface area contributed by atoms with Crippen molar-refractivity contribution in [3.05, 3.63) is 0 Å². The van der Waals surface area contributed by atoms with Gasteiger partial charge >= 0.3 is 0 Å². The van der Waals surface area contributed by atoms with Gasteiger partial charge in [-0.2, -0.15) is 0 Å². The molecule has 1 aliphatic heterocycles. The summed E-state index contributed by atoms with van der Waals surface area (Å²) in [5.74, 6) is 0.394. The molecule has 5 heteroatoms. The predicted molar refractivity (Wildman–Crippen MR) is 62.2 cm³/mol. The van der Waals surface area contributed by atoms with Crippen molar-refractivity contribution in [1.29, 1.82) is 0 Å². The molecule has 15 heavy (non-hydrogen) atoms. The zero-order valence-corrected chi connectivity index (χ0v) is 10.6. The molecule has 0 amide bonds. The zero-order valence-electron chi connectivity index (χ0n) is 9.79. The first-order chi connectivity index (χ1) is 6.91. The van der Waals surface area contributed by atoms with Crippen molar-refractivity contribution in [1.82, 2.24) is 10.0 Å². The van der Waals surface area contributed by atoms with E-state index in [0.29, 0.717) is 0 Å². The molecule has 0 aromatic heterocycles. The lowest BCUT2D eigenvalue weighted by Gasteiger charge is -2.30. The molecule has 0 bridgehead atoms. The summed E-state index contributed by atoms with van der Waals surface area (Å²) in [5, 5.41) is 3.28. The fourth-order valence-electron chi connectivity index (χ4n) is 1.92. The molecule has 0 radical (unpaired) electrons. The van der Waals surface area contributed by atoms with Crippen molar-refractivity contribution in [2.24, 2.45) is 5.92 Å². The van der Waals surface area contributed by atoms with Gasteiger partial charge in [0.1, 0.15) is 0 Å². The Hall–Kier alpha value is -0.130. The Bertz CT molecular complexity index is 288. The van der Waals surface area contributed by atoms with Gasteiger partial charge in [-0.05, 0) is 32.2 Å². The molecule has 2 N–H and O–H groups in total. The number of hydrogen-bond acceptors (Lipinski definition) is 3. The lowest BCUT2D eigenvalue weighted by Crippen LogP contribution is -2.52. The minimum Gasteiger partial charge on any atom is -0.313 e. The van der Waals surface area contributed by atoms with E-state index in [9.17, 15) is 8.42 Å². The molecule has 2 atom stereocenters. The first-order valence-electron chi connectivity index (χ1n) is 5.64. The van der Waals surface area contributed by atoms with Gasteiger partial charge in [0.05, 0.1) is 5.75 Å². The van der Waals surface area contributed by atoms with Crippen LogP contribution < -0.4 is 10.0 Å². The summed E-state index contributed by atoms with van der Waals surface area (Å²) < 4.78 is 26.2. The van der Waals surface area contributed by atoms with Crippen LogP contribution in [0.3, 0.4) is 0 Å². The molecular formula is C10H22N2O2S. The number of sulfonamides is 1. The molecule has 2 unspecified atom stereocenters. The monoisotopic (exact) mass is 234 g/mol. The van der Waals surface area contributed by atoms with Gasteiger partial charge in [-0.1, -0.05) is 13.8 Å². The molecule has 1 heterocycles. The Kier molecular flexibility index (Phi) is 4.55. The Balaban J connectivity index is 2.52. The van der Waals surface area contributed by atoms with Crippen LogP contribution in [0.2, 0.25) is 0 Å². The number of nitrogens with one attached hydrogen (secondary N) is 2. The standard InChI is InChI=1S/C10H22N2O2S/c1-8(2)7-15(13,14)12-10-5-4-6-11-9(10)3/h8-12H,4-7H2,1-3H3. The van der Waals surface area contributed by atoms with Crippen LogP contribution in [0.4, 0.5) is 0 Å². The van der Waals surface area contributed by atoms with Gasteiger partial charge in [0, 0.05) is 12.1 Å². The van der Waals surface area contributed by atoms with Crippen LogP contribution in [0, 0.1) is 5.92 Å². The summed E-state index contributed by atoms with van der Waals surface area (Å²) in [6.07, 6.45) is 1.98. The van der Waals surface area contributed by atoms with Crippen molar-refractivity contribution in [3.63, 3.8) is 0 Å². The molecule has 1 saturated heterocycles. The highest BCUT2D eigenvalue weighted by molar-refractivity contribution is 7.89. The Morgan fingerprint density at radius 2 is 2.13 bits per heavy atom. The summed E-state index contributed by atoms with van der Waals surface area (Å²) in [7, 11) is -3.10. The van der Waals surface area contributed by atoms with Crippen molar-refractivity contribution >= 4 is 10.0 Å². The fraction of sp³-hybridized carbons (Fsp3) is 1.00. The van der Waals surface area contributed by atoms with Crippen LogP contribution in [-0.2, 0) is 10.0 Å². The van der Waals surface area contributed by atoms with E-state index in [1.165, 1.54) is 0 Å². The average Bonchev–Trinajstić information content (AvgIpc) is 2.06. The van der Waals surface area contributed by atoms with Gasteiger partial charge in [-0.25, -0.2) is 13.1 Å². The maximum absolute atomic E-state index is 11.7. The van der Waals surface area contributed by atoms with E-state index in [1.807, 2.05) is 20.8 Å². The smallest absolute Gasteiger partial charge is 0.212 e. The third-order valence-electron chi connectivity index (χ3n) is 2.65. The molecule has 0 spiro atoms. The van der Waals surface area contributed by atoms with Gasteiger partial charge in [-0.3, -0.25) is 0 Å². The summed E-state index contributed by atoms with van der Waals surface area (Å²) >= 11 is 0. The molecule has 0 aliphatic carbocycles. The van der Waals surface area contributed by atoms with E-state index in [0.717, 1.165) is 19.4 Å². The van der Waals surface area contributed by atoms with E-state index in [4.69, 9.17) is 0 Å². The van der Waals surface area contributed by atoms with Crippen molar-refractivity contribution < 1.29 is 8.42 Å². The normalized spacial score (nSPS) is 28.3. The highest BCUT2D eigenvalue weighted by atomic mass is 32.2. The van der Waals surface area contributed by atoms with Crippen LogP contribution in [-0.4, -0.2) is 32.8 Å². The second-order valence-electron chi connectivity index (χ2n) is 4.78. The second-order valence-corrected chi connectivity index (χ2v) is 6.58. The topological polar surface area (TPSA) is 58.2 Å². The lowest BCUT2D eigenvalue weighted by atomic mass is 10.0. The lowest BCUT2D eigenvalue weighted by molar-refractivity contribution is 0.348. The van der Waals surface area contributed by atoms with Crippen molar-refractivity contribution in [2.75, 3.05) is 12.3 Å². The molecule has 0 saturated carbocycles. The van der Waals surface area contributed by atoms with E-state index >= 15 is 0 Å². The third-order valence-corrected chi connectivity index (χ3v) is 4.41.